The summed E-state index contributed by atoms with van der Waals surface area (Å²) in [5, 5.41) is 6.11. The highest BCUT2D eigenvalue weighted by molar-refractivity contribution is 5.86. The Morgan fingerprint density at radius 2 is 1.95 bits per heavy atom. The van der Waals surface area contributed by atoms with Crippen molar-refractivity contribution in [3.63, 3.8) is 0 Å². The van der Waals surface area contributed by atoms with Crippen LogP contribution in [0.1, 0.15) is 19.3 Å². The van der Waals surface area contributed by atoms with Crippen LogP contribution in [-0.4, -0.2) is 28.5 Å². The van der Waals surface area contributed by atoms with Crippen LogP contribution in [0.4, 0.5) is 5.69 Å². The Hall–Kier alpha value is -2.24. The van der Waals surface area contributed by atoms with Crippen molar-refractivity contribution in [2.75, 3.05) is 11.9 Å². The fraction of sp³-hybridized carbons (Fsp3) is 0.385. The molecule has 0 radical (unpaired) electrons. The largest absolute Gasteiger partial charge is 0.374 e. The summed E-state index contributed by atoms with van der Waals surface area (Å²) in [7, 11) is 0. The molecule has 1 aliphatic heterocycles. The standard InChI is InChI=1S/C13H16N4O2/c18-12-10(3-1-2-6-14-12)15-8-4-5-9-11(7-8)17-13(19)16-9/h4-5,7,10,15H,1-3,6H2,(H,14,18)(H2,16,17,19)/t10-/m0/s1. The molecule has 0 spiro atoms. The summed E-state index contributed by atoms with van der Waals surface area (Å²) < 4.78 is 0. The van der Waals surface area contributed by atoms with Crippen LogP contribution >= 0.6 is 0 Å². The number of imidazole rings is 1. The van der Waals surface area contributed by atoms with Gasteiger partial charge in [-0.25, -0.2) is 4.79 Å². The highest BCUT2D eigenvalue weighted by atomic mass is 16.2. The molecule has 0 aliphatic carbocycles. The second-order valence-electron chi connectivity index (χ2n) is 4.82. The van der Waals surface area contributed by atoms with Gasteiger partial charge in [-0.1, -0.05) is 0 Å². The molecule has 4 N–H and O–H groups in total. The molecule has 3 rings (SSSR count). The Balaban J connectivity index is 1.83. The summed E-state index contributed by atoms with van der Waals surface area (Å²) in [5.74, 6) is 0.0418. The number of aromatic nitrogens is 2. The van der Waals surface area contributed by atoms with Crippen molar-refractivity contribution in [2.24, 2.45) is 0 Å². The predicted octanol–water partition coefficient (Wildman–Crippen LogP) is 0.937. The molecule has 1 aliphatic rings. The van der Waals surface area contributed by atoms with Crippen LogP contribution in [0.5, 0.6) is 0 Å². The quantitative estimate of drug-likeness (QED) is 0.647. The molecule has 0 unspecified atom stereocenters. The number of carbonyl (C=O) groups excluding carboxylic acids is 1. The summed E-state index contributed by atoms with van der Waals surface area (Å²) >= 11 is 0. The number of aromatic amines is 2. The van der Waals surface area contributed by atoms with E-state index in [9.17, 15) is 9.59 Å². The first kappa shape index (κ1) is 11.8. The average Bonchev–Trinajstić information content (AvgIpc) is 2.64. The van der Waals surface area contributed by atoms with Crippen LogP contribution in [0.25, 0.3) is 11.0 Å². The van der Waals surface area contributed by atoms with E-state index in [2.05, 4.69) is 20.6 Å². The monoisotopic (exact) mass is 260 g/mol. The van der Waals surface area contributed by atoms with E-state index in [0.29, 0.717) is 0 Å². The lowest BCUT2D eigenvalue weighted by atomic mass is 10.1. The van der Waals surface area contributed by atoms with E-state index in [-0.39, 0.29) is 17.6 Å². The first-order valence-corrected chi connectivity index (χ1v) is 6.49. The Morgan fingerprint density at radius 3 is 2.84 bits per heavy atom. The number of hydrogen-bond donors (Lipinski definition) is 4. The van der Waals surface area contributed by atoms with Gasteiger partial charge in [-0.3, -0.25) is 4.79 Å². The molecule has 0 saturated carbocycles. The lowest BCUT2D eigenvalue weighted by Gasteiger charge is -2.16. The average molecular weight is 260 g/mol. The van der Waals surface area contributed by atoms with Crippen LogP contribution in [0, 0.1) is 0 Å². The number of rotatable bonds is 2. The van der Waals surface area contributed by atoms with Crippen molar-refractivity contribution in [3.05, 3.63) is 28.7 Å². The number of anilines is 1. The van der Waals surface area contributed by atoms with Crippen LogP contribution in [0.3, 0.4) is 0 Å². The maximum absolute atomic E-state index is 11.8. The van der Waals surface area contributed by atoms with Crippen LogP contribution in [-0.2, 0) is 4.79 Å². The third-order valence-corrected chi connectivity index (χ3v) is 3.39. The molecule has 0 bridgehead atoms. The normalized spacial score (nSPS) is 20.0. The number of hydrogen-bond acceptors (Lipinski definition) is 3. The Morgan fingerprint density at radius 1 is 1.11 bits per heavy atom. The number of carbonyl (C=O) groups is 1. The summed E-state index contributed by atoms with van der Waals surface area (Å²) in [6.45, 7) is 0.751. The van der Waals surface area contributed by atoms with Crippen molar-refractivity contribution in [1.82, 2.24) is 15.3 Å². The minimum absolute atomic E-state index is 0.0418. The molecule has 1 aromatic heterocycles. The number of fused-ring (bicyclic) bond motifs is 1. The van der Waals surface area contributed by atoms with Crippen molar-refractivity contribution >= 4 is 22.6 Å². The lowest BCUT2D eigenvalue weighted by molar-refractivity contribution is -0.121. The molecule has 19 heavy (non-hydrogen) atoms. The number of H-pyrrole nitrogens is 2. The molecule has 1 aromatic carbocycles. The summed E-state index contributed by atoms with van der Waals surface area (Å²) in [6.07, 6.45) is 2.88. The van der Waals surface area contributed by atoms with E-state index in [1.54, 1.807) is 0 Å². The van der Waals surface area contributed by atoms with Gasteiger partial charge in [0.05, 0.1) is 11.0 Å². The Bertz CT molecular complexity index is 658. The Labute approximate surface area is 109 Å². The molecule has 2 aromatic rings. The van der Waals surface area contributed by atoms with E-state index in [0.717, 1.165) is 42.5 Å². The molecule has 100 valence electrons. The zero-order chi connectivity index (χ0) is 13.2. The maximum atomic E-state index is 11.8. The van der Waals surface area contributed by atoms with Gasteiger partial charge < -0.3 is 20.6 Å². The number of amides is 1. The van der Waals surface area contributed by atoms with Gasteiger partial charge in [0.2, 0.25) is 5.91 Å². The molecule has 2 heterocycles. The van der Waals surface area contributed by atoms with E-state index >= 15 is 0 Å². The van der Waals surface area contributed by atoms with Crippen LogP contribution in [0.2, 0.25) is 0 Å². The van der Waals surface area contributed by atoms with Crippen LogP contribution < -0.4 is 16.3 Å². The number of nitrogens with one attached hydrogen (secondary N) is 4. The Kier molecular flexibility index (Phi) is 2.98. The first-order chi connectivity index (χ1) is 9.22. The maximum Gasteiger partial charge on any atom is 0.323 e. The fourth-order valence-corrected chi connectivity index (χ4v) is 2.40. The third kappa shape index (κ3) is 2.47. The van der Waals surface area contributed by atoms with Gasteiger partial charge in [0, 0.05) is 12.2 Å². The van der Waals surface area contributed by atoms with E-state index in [1.807, 2.05) is 18.2 Å². The van der Waals surface area contributed by atoms with Crippen molar-refractivity contribution in [3.8, 4) is 0 Å². The lowest BCUT2D eigenvalue weighted by Crippen LogP contribution is -2.37. The van der Waals surface area contributed by atoms with Gasteiger partial charge >= 0.3 is 5.69 Å². The highest BCUT2D eigenvalue weighted by Crippen LogP contribution is 2.17. The third-order valence-electron chi connectivity index (χ3n) is 3.39. The minimum Gasteiger partial charge on any atom is -0.374 e. The molecule has 1 saturated heterocycles. The van der Waals surface area contributed by atoms with Gasteiger partial charge in [-0.15, -0.1) is 0 Å². The molecule has 6 nitrogen and oxygen atoms in total. The van der Waals surface area contributed by atoms with Crippen molar-refractivity contribution in [2.45, 2.75) is 25.3 Å². The van der Waals surface area contributed by atoms with E-state index < -0.39 is 0 Å². The van der Waals surface area contributed by atoms with Gasteiger partial charge in [-0.2, -0.15) is 0 Å². The summed E-state index contributed by atoms with van der Waals surface area (Å²) in [6, 6.07) is 5.32. The van der Waals surface area contributed by atoms with Gasteiger partial charge in [-0.05, 0) is 37.5 Å². The molecular formula is C13H16N4O2. The van der Waals surface area contributed by atoms with Gasteiger partial charge in [0.25, 0.3) is 0 Å². The second kappa shape index (κ2) is 4.79. The molecule has 1 atom stereocenters. The second-order valence-corrected chi connectivity index (χ2v) is 4.82. The smallest absolute Gasteiger partial charge is 0.323 e. The predicted molar refractivity (Wildman–Crippen MR) is 73.2 cm³/mol. The van der Waals surface area contributed by atoms with Crippen molar-refractivity contribution in [1.29, 1.82) is 0 Å². The zero-order valence-corrected chi connectivity index (χ0v) is 10.5. The van der Waals surface area contributed by atoms with Gasteiger partial charge in [0.15, 0.2) is 0 Å². The van der Waals surface area contributed by atoms with Gasteiger partial charge in [0.1, 0.15) is 6.04 Å². The number of benzene rings is 1. The SMILES string of the molecule is O=C1NCCCC[C@@H]1Nc1ccc2[nH]c(=O)[nH]c2c1. The first-order valence-electron chi connectivity index (χ1n) is 6.49. The molecule has 1 fully saturated rings. The van der Waals surface area contributed by atoms with E-state index in [4.69, 9.17) is 0 Å². The zero-order valence-electron chi connectivity index (χ0n) is 10.5. The molecule has 6 heteroatoms. The van der Waals surface area contributed by atoms with E-state index in [1.165, 1.54) is 0 Å². The summed E-state index contributed by atoms with van der Waals surface area (Å²) in [5.41, 5.74) is 2.12. The minimum atomic E-state index is -0.223. The topological polar surface area (TPSA) is 89.8 Å². The molecule has 1 amide bonds. The fourth-order valence-electron chi connectivity index (χ4n) is 2.40. The van der Waals surface area contributed by atoms with Crippen LogP contribution in [0.15, 0.2) is 23.0 Å². The summed E-state index contributed by atoms with van der Waals surface area (Å²) in [4.78, 5) is 28.4. The highest BCUT2D eigenvalue weighted by Gasteiger charge is 2.20. The van der Waals surface area contributed by atoms with Crippen molar-refractivity contribution < 1.29 is 4.79 Å². The molecular weight excluding hydrogens is 244 g/mol.